The molecule has 1 heterocycles. The SMILES string of the molecule is COc1ccc(C)cc1CN(C)C(=O)C1CCN(S(=O)(=O)C=Cc2ccccc2)CC1. The number of hydrogen-bond donors (Lipinski definition) is 0. The van der Waals surface area contributed by atoms with Crippen LogP contribution in [-0.4, -0.2) is 50.8 Å². The van der Waals surface area contributed by atoms with E-state index in [1.54, 1.807) is 25.1 Å². The number of sulfonamides is 1. The molecular formula is C24H30N2O4S. The standard InChI is InChI=1S/C24H30N2O4S/c1-19-9-10-23(30-3)22(17-19)18-25(2)24(27)21-11-14-26(15-12-21)31(28,29)16-13-20-7-5-4-6-8-20/h4-10,13,16-17,21H,11-12,14-15,18H2,1-3H3. The molecule has 7 heteroatoms. The van der Waals surface area contributed by atoms with Crippen molar-refractivity contribution in [2.24, 2.45) is 5.92 Å². The number of methoxy groups -OCH3 is 1. The number of nitrogens with zero attached hydrogens (tertiary/aromatic N) is 2. The van der Waals surface area contributed by atoms with Crippen molar-refractivity contribution < 1.29 is 17.9 Å². The molecule has 1 saturated heterocycles. The van der Waals surface area contributed by atoms with Gasteiger partial charge in [-0.2, -0.15) is 4.31 Å². The van der Waals surface area contributed by atoms with Gasteiger partial charge in [0, 0.05) is 43.6 Å². The Morgan fingerprint density at radius 2 is 1.84 bits per heavy atom. The molecule has 0 aromatic heterocycles. The average molecular weight is 443 g/mol. The van der Waals surface area contributed by atoms with Gasteiger partial charge in [-0.1, -0.05) is 48.0 Å². The lowest BCUT2D eigenvalue weighted by Gasteiger charge is -2.32. The van der Waals surface area contributed by atoms with Gasteiger partial charge in [0.2, 0.25) is 15.9 Å². The van der Waals surface area contributed by atoms with Gasteiger partial charge in [-0.05, 0) is 37.5 Å². The van der Waals surface area contributed by atoms with Crippen LogP contribution in [0.5, 0.6) is 5.75 Å². The predicted octanol–water partition coefficient (Wildman–Crippen LogP) is 3.67. The molecule has 0 bridgehead atoms. The van der Waals surface area contributed by atoms with Crippen LogP contribution >= 0.6 is 0 Å². The first-order chi connectivity index (χ1) is 14.8. The van der Waals surface area contributed by atoms with Gasteiger partial charge < -0.3 is 9.64 Å². The van der Waals surface area contributed by atoms with Gasteiger partial charge in [0.25, 0.3) is 0 Å². The summed E-state index contributed by atoms with van der Waals surface area (Å²) in [6.45, 7) is 3.16. The smallest absolute Gasteiger partial charge is 0.236 e. The zero-order chi connectivity index (χ0) is 22.4. The quantitative estimate of drug-likeness (QED) is 0.656. The van der Waals surface area contributed by atoms with E-state index in [9.17, 15) is 13.2 Å². The Bertz CT molecular complexity index is 1030. The van der Waals surface area contributed by atoms with Crippen molar-refractivity contribution in [2.45, 2.75) is 26.3 Å². The van der Waals surface area contributed by atoms with Gasteiger partial charge in [-0.25, -0.2) is 8.42 Å². The van der Waals surface area contributed by atoms with Crippen molar-refractivity contribution in [1.29, 1.82) is 0 Å². The lowest BCUT2D eigenvalue weighted by atomic mass is 9.96. The van der Waals surface area contributed by atoms with Crippen LogP contribution in [0.4, 0.5) is 0 Å². The zero-order valence-corrected chi connectivity index (χ0v) is 19.1. The third kappa shape index (κ3) is 5.95. The normalized spacial score (nSPS) is 15.8. The van der Waals surface area contributed by atoms with E-state index in [1.165, 1.54) is 9.71 Å². The molecule has 2 aromatic carbocycles. The second kappa shape index (κ2) is 10.1. The molecule has 1 aliphatic heterocycles. The summed E-state index contributed by atoms with van der Waals surface area (Å²) in [5.74, 6) is 0.627. The van der Waals surface area contributed by atoms with Crippen molar-refractivity contribution >= 4 is 22.0 Å². The predicted molar refractivity (Wildman–Crippen MR) is 123 cm³/mol. The molecule has 0 atom stereocenters. The molecular weight excluding hydrogens is 412 g/mol. The summed E-state index contributed by atoms with van der Waals surface area (Å²) in [6, 6.07) is 15.3. The highest BCUT2D eigenvalue weighted by Gasteiger charge is 2.31. The van der Waals surface area contributed by atoms with E-state index in [0.717, 1.165) is 22.4 Å². The number of rotatable bonds is 7. The molecule has 1 aliphatic rings. The molecule has 31 heavy (non-hydrogen) atoms. The summed E-state index contributed by atoms with van der Waals surface area (Å²) in [5, 5.41) is 1.25. The minimum absolute atomic E-state index is 0.0421. The van der Waals surface area contributed by atoms with Crippen LogP contribution in [0, 0.1) is 12.8 Å². The molecule has 0 aliphatic carbocycles. The van der Waals surface area contributed by atoms with Crippen molar-refractivity contribution in [3.8, 4) is 5.75 Å². The summed E-state index contributed by atoms with van der Waals surface area (Å²) in [6.07, 6.45) is 2.65. The molecule has 3 rings (SSSR count). The summed E-state index contributed by atoms with van der Waals surface area (Å²) < 4.78 is 32.2. The first-order valence-electron chi connectivity index (χ1n) is 10.4. The van der Waals surface area contributed by atoms with Gasteiger partial charge >= 0.3 is 0 Å². The van der Waals surface area contributed by atoms with Gasteiger partial charge in [0.15, 0.2) is 0 Å². The van der Waals surface area contributed by atoms with Crippen LogP contribution in [0.15, 0.2) is 53.9 Å². The zero-order valence-electron chi connectivity index (χ0n) is 18.3. The van der Waals surface area contributed by atoms with Crippen molar-refractivity contribution in [3.05, 3.63) is 70.6 Å². The largest absolute Gasteiger partial charge is 0.496 e. The van der Waals surface area contributed by atoms with Crippen LogP contribution < -0.4 is 4.74 Å². The number of carbonyl (C=O) groups is 1. The lowest BCUT2D eigenvalue weighted by Crippen LogP contribution is -2.42. The summed E-state index contributed by atoms with van der Waals surface area (Å²) in [4.78, 5) is 14.7. The Morgan fingerprint density at radius 3 is 2.48 bits per heavy atom. The number of carbonyl (C=O) groups excluding carboxylic acids is 1. The molecule has 1 amide bonds. The minimum Gasteiger partial charge on any atom is -0.496 e. The van der Waals surface area contributed by atoms with E-state index in [4.69, 9.17) is 4.74 Å². The first-order valence-corrected chi connectivity index (χ1v) is 11.9. The van der Waals surface area contributed by atoms with E-state index in [0.29, 0.717) is 32.5 Å². The van der Waals surface area contributed by atoms with Crippen LogP contribution in [0.25, 0.3) is 6.08 Å². The van der Waals surface area contributed by atoms with Crippen molar-refractivity contribution in [2.75, 3.05) is 27.2 Å². The Morgan fingerprint density at radius 1 is 1.16 bits per heavy atom. The maximum Gasteiger partial charge on any atom is 0.236 e. The Kier molecular flexibility index (Phi) is 7.51. The molecule has 0 saturated carbocycles. The highest BCUT2D eigenvalue weighted by Crippen LogP contribution is 2.25. The van der Waals surface area contributed by atoms with E-state index in [2.05, 4.69) is 0 Å². The maximum absolute atomic E-state index is 13.0. The third-order valence-electron chi connectivity index (χ3n) is 5.61. The molecule has 0 spiro atoms. The number of ether oxygens (including phenoxy) is 1. The van der Waals surface area contributed by atoms with Crippen LogP contribution in [0.3, 0.4) is 0 Å². The Balaban J connectivity index is 1.58. The third-order valence-corrected chi connectivity index (χ3v) is 7.18. The molecule has 2 aromatic rings. The first kappa shape index (κ1) is 23.0. The number of amides is 1. The van der Waals surface area contributed by atoms with Gasteiger partial charge in [0.05, 0.1) is 7.11 Å². The fourth-order valence-corrected chi connectivity index (χ4v) is 5.07. The topological polar surface area (TPSA) is 66.9 Å². The maximum atomic E-state index is 13.0. The van der Waals surface area contributed by atoms with Crippen molar-refractivity contribution in [3.63, 3.8) is 0 Å². The van der Waals surface area contributed by atoms with E-state index >= 15 is 0 Å². The second-order valence-electron chi connectivity index (χ2n) is 7.94. The molecule has 0 N–H and O–H groups in total. The van der Waals surface area contributed by atoms with Crippen molar-refractivity contribution in [1.82, 2.24) is 9.21 Å². The number of hydrogen-bond acceptors (Lipinski definition) is 4. The minimum atomic E-state index is -3.50. The monoisotopic (exact) mass is 442 g/mol. The fourth-order valence-electron chi connectivity index (χ4n) is 3.85. The molecule has 6 nitrogen and oxygen atoms in total. The van der Waals surface area contributed by atoms with Gasteiger partial charge in [-0.3, -0.25) is 4.79 Å². The summed E-state index contributed by atoms with van der Waals surface area (Å²) in [5.41, 5.74) is 2.91. The molecule has 1 fully saturated rings. The average Bonchev–Trinajstić information content (AvgIpc) is 2.78. The number of aryl methyl sites for hydroxylation is 1. The fraction of sp³-hybridized carbons (Fsp3) is 0.375. The van der Waals surface area contributed by atoms with Crippen LogP contribution in [-0.2, 0) is 21.4 Å². The van der Waals surface area contributed by atoms with E-state index in [1.807, 2.05) is 55.5 Å². The lowest BCUT2D eigenvalue weighted by molar-refractivity contribution is -0.135. The molecule has 166 valence electrons. The second-order valence-corrected chi connectivity index (χ2v) is 9.76. The molecule has 0 unspecified atom stereocenters. The number of benzene rings is 2. The molecule has 0 radical (unpaired) electrons. The van der Waals surface area contributed by atoms with Gasteiger partial charge in [0.1, 0.15) is 5.75 Å². The van der Waals surface area contributed by atoms with Crippen LogP contribution in [0.2, 0.25) is 0 Å². The summed E-state index contributed by atoms with van der Waals surface area (Å²) in [7, 11) is -0.0910. The highest BCUT2D eigenvalue weighted by molar-refractivity contribution is 7.92. The Hall–Kier alpha value is -2.64. The van der Waals surface area contributed by atoms with Gasteiger partial charge in [-0.15, -0.1) is 0 Å². The summed E-state index contributed by atoms with van der Waals surface area (Å²) >= 11 is 0. The number of piperidine rings is 1. The highest BCUT2D eigenvalue weighted by atomic mass is 32.2. The van der Waals surface area contributed by atoms with E-state index in [-0.39, 0.29) is 11.8 Å². The van der Waals surface area contributed by atoms with E-state index < -0.39 is 10.0 Å². The Labute approximate surface area is 185 Å². The van der Waals surface area contributed by atoms with Crippen LogP contribution in [0.1, 0.15) is 29.5 Å².